The van der Waals surface area contributed by atoms with Crippen LogP contribution in [0, 0.1) is 6.92 Å². The van der Waals surface area contributed by atoms with Gasteiger partial charge in [-0.2, -0.15) is 0 Å². The molecule has 0 saturated heterocycles. The van der Waals surface area contributed by atoms with E-state index in [1.54, 1.807) is 7.11 Å². The van der Waals surface area contributed by atoms with Crippen molar-refractivity contribution in [2.24, 2.45) is 0 Å². The van der Waals surface area contributed by atoms with Crippen molar-refractivity contribution in [2.75, 3.05) is 13.7 Å². The molecule has 1 N–H and O–H groups in total. The summed E-state index contributed by atoms with van der Waals surface area (Å²) >= 11 is 0. The monoisotopic (exact) mass is 183 g/mol. The predicted octanol–water partition coefficient (Wildman–Crippen LogP) is 1.71. The highest BCUT2D eigenvalue weighted by Gasteiger charge is 2.02. The second kappa shape index (κ2) is 5.04. The highest BCUT2D eigenvalue weighted by atomic mass is 16.5. The summed E-state index contributed by atoms with van der Waals surface area (Å²) in [6.45, 7) is 5.51. The second-order valence-electron chi connectivity index (χ2n) is 3.25. The summed E-state index contributed by atoms with van der Waals surface area (Å²) in [4.78, 5) is 0. The number of methoxy groups -OCH3 is 1. The predicted molar refractivity (Wildman–Crippen MR) is 51.6 cm³/mol. The average Bonchev–Trinajstić information content (AvgIpc) is 2.49. The van der Waals surface area contributed by atoms with Crippen LogP contribution in [0.4, 0.5) is 0 Å². The summed E-state index contributed by atoms with van der Waals surface area (Å²) in [7, 11) is 1.70. The molecule has 0 saturated carbocycles. The third-order valence-corrected chi connectivity index (χ3v) is 1.84. The molecular weight excluding hydrogens is 166 g/mol. The van der Waals surface area contributed by atoms with E-state index in [4.69, 9.17) is 9.15 Å². The number of rotatable bonds is 5. The first-order valence-electron chi connectivity index (χ1n) is 4.50. The molecule has 0 aliphatic rings. The summed E-state index contributed by atoms with van der Waals surface area (Å²) < 4.78 is 10.4. The quantitative estimate of drug-likeness (QED) is 0.754. The molecular formula is C10H17NO2. The Morgan fingerprint density at radius 1 is 1.54 bits per heavy atom. The van der Waals surface area contributed by atoms with Gasteiger partial charge in [0.05, 0.1) is 13.2 Å². The molecule has 0 spiro atoms. The molecule has 0 aliphatic carbocycles. The molecule has 1 aromatic heterocycles. The van der Waals surface area contributed by atoms with Gasteiger partial charge in [0.15, 0.2) is 0 Å². The Hall–Kier alpha value is -0.800. The molecule has 0 amide bonds. The Morgan fingerprint density at radius 2 is 2.31 bits per heavy atom. The summed E-state index contributed by atoms with van der Waals surface area (Å²) in [5.74, 6) is 1.93. The van der Waals surface area contributed by atoms with Gasteiger partial charge in [-0.05, 0) is 26.0 Å². The van der Waals surface area contributed by atoms with Crippen molar-refractivity contribution in [3.8, 4) is 0 Å². The largest absolute Gasteiger partial charge is 0.465 e. The van der Waals surface area contributed by atoms with E-state index in [0.29, 0.717) is 6.04 Å². The smallest absolute Gasteiger partial charge is 0.117 e. The molecule has 74 valence electrons. The second-order valence-corrected chi connectivity index (χ2v) is 3.25. The molecule has 0 bridgehead atoms. The fourth-order valence-corrected chi connectivity index (χ4v) is 1.16. The van der Waals surface area contributed by atoms with Gasteiger partial charge < -0.3 is 14.5 Å². The van der Waals surface area contributed by atoms with Crippen LogP contribution in [-0.4, -0.2) is 19.8 Å². The van der Waals surface area contributed by atoms with E-state index < -0.39 is 0 Å². The Bertz CT molecular complexity index is 245. The normalized spacial score (nSPS) is 13.2. The highest BCUT2D eigenvalue weighted by molar-refractivity contribution is 5.05. The fraction of sp³-hybridized carbons (Fsp3) is 0.600. The third kappa shape index (κ3) is 3.61. The topological polar surface area (TPSA) is 34.4 Å². The van der Waals surface area contributed by atoms with Crippen molar-refractivity contribution in [1.29, 1.82) is 0 Å². The van der Waals surface area contributed by atoms with Crippen LogP contribution in [0.5, 0.6) is 0 Å². The van der Waals surface area contributed by atoms with Gasteiger partial charge in [0.2, 0.25) is 0 Å². The van der Waals surface area contributed by atoms with Crippen molar-refractivity contribution in [3.63, 3.8) is 0 Å². The number of furan rings is 1. The number of ether oxygens (including phenoxy) is 1. The van der Waals surface area contributed by atoms with E-state index in [-0.39, 0.29) is 0 Å². The molecule has 1 atom stereocenters. The van der Waals surface area contributed by atoms with Gasteiger partial charge in [-0.25, -0.2) is 0 Å². The summed E-state index contributed by atoms with van der Waals surface area (Å²) in [6.07, 6.45) is 0. The van der Waals surface area contributed by atoms with Crippen LogP contribution in [0.2, 0.25) is 0 Å². The Balaban J connectivity index is 2.26. The van der Waals surface area contributed by atoms with Gasteiger partial charge in [0.25, 0.3) is 0 Å². The Kier molecular flexibility index (Phi) is 3.99. The van der Waals surface area contributed by atoms with Gasteiger partial charge in [0, 0.05) is 13.2 Å². The molecule has 0 fully saturated rings. The van der Waals surface area contributed by atoms with E-state index in [1.807, 2.05) is 19.1 Å². The summed E-state index contributed by atoms with van der Waals surface area (Å²) in [6, 6.07) is 4.32. The van der Waals surface area contributed by atoms with E-state index in [9.17, 15) is 0 Å². The lowest BCUT2D eigenvalue weighted by molar-refractivity contribution is 0.170. The molecule has 1 aromatic rings. The van der Waals surface area contributed by atoms with Crippen LogP contribution in [-0.2, 0) is 11.3 Å². The minimum Gasteiger partial charge on any atom is -0.465 e. The van der Waals surface area contributed by atoms with Crippen LogP contribution in [0.15, 0.2) is 16.5 Å². The van der Waals surface area contributed by atoms with Gasteiger partial charge in [-0.15, -0.1) is 0 Å². The number of hydrogen-bond donors (Lipinski definition) is 1. The molecule has 13 heavy (non-hydrogen) atoms. The van der Waals surface area contributed by atoms with Crippen molar-refractivity contribution >= 4 is 0 Å². The average molecular weight is 183 g/mol. The lowest BCUT2D eigenvalue weighted by atomic mass is 10.3. The highest BCUT2D eigenvalue weighted by Crippen LogP contribution is 2.05. The molecule has 0 radical (unpaired) electrons. The van der Waals surface area contributed by atoms with Gasteiger partial charge in [-0.1, -0.05) is 0 Å². The van der Waals surface area contributed by atoms with E-state index in [1.165, 1.54) is 0 Å². The molecule has 1 rings (SSSR count). The maximum absolute atomic E-state index is 5.41. The Labute approximate surface area is 79.1 Å². The van der Waals surface area contributed by atoms with Gasteiger partial charge in [0.1, 0.15) is 11.5 Å². The van der Waals surface area contributed by atoms with Crippen molar-refractivity contribution in [1.82, 2.24) is 5.32 Å². The zero-order valence-corrected chi connectivity index (χ0v) is 8.46. The molecule has 3 heteroatoms. The van der Waals surface area contributed by atoms with Crippen LogP contribution in [0.25, 0.3) is 0 Å². The van der Waals surface area contributed by atoms with Gasteiger partial charge >= 0.3 is 0 Å². The maximum Gasteiger partial charge on any atom is 0.117 e. The molecule has 1 heterocycles. The Morgan fingerprint density at radius 3 is 2.85 bits per heavy atom. The molecule has 0 aromatic carbocycles. The molecule has 3 nitrogen and oxygen atoms in total. The summed E-state index contributed by atoms with van der Waals surface area (Å²) in [5.41, 5.74) is 0. The van der Waals surface area contributed by atoms with Crippen molar-refractivity contribution < 1.29 is 9.15 Å². The van der Waals surface area contributed by atoms with E-state index >= 15 is 0 Å². The van der Waals surface area contributed by atoms with Crippen LogP contribution < -0.4 is 5.32 Å². The maximum atomic E-state index is 5.41. The van der Waals surface area contributed by atoms with Crippen LogP contribution in [0.3, 0.4) is 0 Å². The fourth-order valence-electron chi connectivity index (χ4n) is 1.16. The summed E-state index contributed by atoms with van der Waals surface area (Å²) in [5, 5.41) is 3.29. The minimum atomic E-state index is 0.357. The number of hydrogen-bond acceptors (Lipinski definition) is 3. The van der Waals surface area contributed by atoms with Crippen LogP contribution in [0.1, 0.15) is 18.4 Å². The standard InChI is InChI=1S/C10H17NO2/c1-8(7-12-3)11-6-10-5-4-9(2)13-10/h4-5,8,11H,6-7H2,1-3H3/t8-/m1/s1. The zero-order chi connectivity index (χ0) is 9.68. The van der Waals surface area contributed by atoms with Crippen LogP contribution >= 0.6 is 0 Å². The first-order chi connectivity index (χ1) is 6.22. The van der Waals surface area contributed by atoms with E-state index in [0.717, 1.165) is 24.7 Å². The first kappa shape index (κ1) is 10.3. The lowest BCUT2D eigenvalue weighted by Gasteiger charge is -2.10. The SMILES string of the molecule is COC[C@@H](C)NCc1ccc(C)o1. The van der Waals surface area contributed by atoms with Crippen molar-refractivity contribution in [3.05, 3.63) is 23.7 Å². The number of aryl methyl sites for hydroxylation is 1. The third-order valence-electron chi connectivity index (χ3n) is 1.84. The lowest BCUT2D eigenvalue weighted by Crippen LogP contribution is -2.29. The molecule has 0 aliphatic heterocycles. The van der Waals surface area contributed by atoms with Crippen molar-refractivity contribution in [2.45, 2.75) is 26.4 Å². The number of nitrogens with one attached hydrogen (secondary N) is 1. The zero-order valence-electron chi connectivity index (χ0n) is 8.46. The molecule has 0 unspecified atom stereocenters. The minimum absolute atomic E-state index is 0.357. The van der Waals surface area contributed by atoms with E-state index in [2.05, 4.69) is 12.2 Å². The van der Waals surface area contributed by atoms with Gasteiger partial charge in [-0.3, -0.25) is 0 Å². The first-order valence-corrected chi connectivity index (χ1v) is 4.50.